The van der Waals surface area contributed by atoms with Crippen molar-refractivity contribution in [3.63, 3.8) is 0 Å². The molecule has 0 saturated heterocycles. The maximum Gasteiger partial charge on any atom is 0.272 e. The maximum atomic E-state index is 13.0. The predicted octanol–water partition coefficient (Wildman–Crippen LogP) is 3.27. The standard InChI is InChI=1S/C19H18ClN3O3S/c1-27(25,26)19-22-17(15-4-2-3-11-23(15)19)18(24)21-16(12-5-6-12)13-7-9-14(20)10-8-13/h2-4,7-12,16H,5-6H2,1H3,(H,21,24). The molecule has 140 valence electrons. The number of halogens is 1. The highest BCUT2D eigenvalue weighted by Crippen LogP contribution is 2.41. The quantitative estimate of drug-likeness (QED) is 0.708. The first-order valence-electron chi connectivity index (χ1n) is 8.58. The lowest BCUT2D eigenvalue weighted by Crippen LogP contribution is -2.30. The van der Waals surface area contributed by atoms with Crippen LogP contribution in [-0.4, -0.2) is 30.0 Å². The van der Waals surface area contributed by atoms with E-state index in [1.165, 1.54) is 4.40 Å². The molecule has 3 aromatic rings. The first kappa shape index (κ1) is 18.0. The molecule has 2 aromatic heterocycles. The summed E-state index contributed by atoms with van der Waals surface area (Å²) in [6.45, 7) is 0. The van der Waals surface area contributed by atoms with Crippen molar-refractivity contribution in [3.8, 4) is 0 Å². The lowest BCUT2D eigenvalue weighted by Gasteiger charge is -2.18. The second-order valence-electron chi connectivity index (χ2n) is 6.81. The minimum absolute atomic E-state index is 0.107. The summed E-state index contributed by atoms with van der Waals surface area (Å²) in [5.41, 5.74) is 1.54. The van der Waals surface area contributed by atoms with E-state index in [1.54, 1.807) is 36.5 Å². The van der Waals surface area contributed by atoms with Crippen LogP contribution in [0.1, 0.15) is 34.9 Å². The molecule has 8 heteroatoms. The second kappa shape index (κ2) is 6.65. The van der Waals surface area contributed by atoms with Crippen molar-refractivity contribution in [2.75, 3.05) is 6.26 Å². The SMILES string of the molecule is CS(=O)(=O)c1nc(C(=O)NC(c2ccc(Cl)cc2)C2CC2)c2ccccn12. The Hall–Kier alpha value is -2.38. The van der Waals surface area contributed by atoms with Crippen molar-refractivity contribution < 1.29 is 13.2 Å². The van der Waals surface area contributed by atoms with Gasteiger partial charge in [-0.15, -0.1) is 0 Å². The third-order valence-electron chi connectivity index (χ3n) is 4.67. The number of carbonyl (C=O) groups is 1. The first-order valence-corrected chi connectivity index (χ1v) is 10.8. The van der Waals surface area contributed by atoms with Gasteiger partial charge in [-0.25, -0.2) is 13.4 Å². The summed E-state index contributed by atoms with van der Waals surface area (Å²) >= 11 is 5.97. The smallest absolute Gasteiger partial charge is 0.272 e. The molecule has 27 heavy (non-hydrogen) atoms. The Kier molecular flexibility index (Phi) is 4.44. The highest BCUT2D eigenvalue weighted by molar-refractivity contribution is 7.90. The summed E-state index contributed by atoms with van der Waals surface area (Å²) < 4.78 is 25.5. The summed E-state index contributed by atoms with van der Waals surface area (Å²) in [5.74, 6) is -0.0289. The van der Waals surface area contributed by atoms with Crippen LogP contribution in [0.2, 0.25) is 5.02 Å². The van der Waals surface area contributed by atoms with Gasteiger partial charge in [-0.3, -0.25) is 9.20 Å². The minimum Gasteiger partial charge on any atom is -0.344 e. The van der Waals surface area contributed by atoms with Gasteiger partial charge in [-0.2, -0.15) is 0 Å². The van der Waals surface area contributed by atoms with Crippen molar-refractivity contribution >= 4 is 32.9 Å². The molecular weight excluding hydrogens is 386 g/mol. The molecule has 1 unspecified atom stereocenters. The van der Waals surface area contributed by atoms with Crippen LogP contribution in [-0.2, 0) is 9.84 Å². The van der Waals surface area contributed by atoms with Gasteiger partial charge in [-0.1, -0.05) is 29.8 Å². The molecule has 1 aromatic carbocycles. The number of rotatable bonds is 5. The van der Waals surface area contributed by atoms with Crippen LogP contribution in [0.5, 0.6) is 0 Å². The molecule has 1 amide bonds. The number of nitrogens with zero attached hydrogens (tertiary/aromatic N) is 2. The lowest BCUT2D eigenvalue weighted by atomic mass is 10.0. The average molecular weight is 404 g/mol. The molecule has 0 bridgehead atoms. The molecule has 1 saturated carbocycles. The molecule has 1 atom stereocenters. The molecule has 6 nitrogen and oxygen atoms in total. The zero-order chi connectivity index (χ0) is 19.2. The highest BCUT2D eigenvalue weighted by atomic mass is 35.5. The van der Waals surface area contributed by atoms with Gasteiger partial charge in [0.2, 0.25) is 15.0 Å². The van der Waals surface area contributed by atoms with Gasteiger partial charge in [0, 0.05) is 17.5 Å². The predicted molar refractivity (Wildman–Crippen MR) is 103 cm³/mol. The number of nitrogens with one attached hydrogen (secondary N) is 1. The average Bonchev–Trinajstić information content (AvgIpc) is 3.38. The van der Waals surface area contributed by atoms with Crippen LogP contribution in [0, 0.1) is 5.92 Å². The van der Waals surface area contributed by atoms with Crippen molar-refractivity contribution in [1.29, 1.82) is 0 Å². The van der Waals surface area contributed by atoms with Gasteiger partial charge in [0.15, 0.2) is 5.69 Å². The fourth-order valence-corrected chi connectivity index (χ4v) is 4.12. The Morgan fingerprint density at radius 2 is 1.93 bits per heavy atom. The molecule has 1 aliphatic rings. The normalized spacial score (nSPS) is 15.6. The maximum absolute atomic E-state index is 13.0. The number of amides is 1. The zero-order valence-corrected chi connectivity index (χ0v) is 16.2. The molecular formula is C19H18ClN3O3S. The largest absolute Gasteiger partial charge is 0.344 e. The Balaban J connectivity index is 1.71. The molecule has 1 N–H and O–H groups in total. The van der Waals surface area contributed by atoms with Gasteiger partial charge < -0.3 is 5.32 Å². The topological polar surface area (TPSA) is 80.5 Å². The van der Waals surface area contributed by atoms with E-state index in [1.807, 2.05) is 12.1 Å². The van der Waals surface area contributed by atoms with E-state index in [-0.39, 0.29) is 22.8 Å². The van der Waals surface area contributed by atoms with Gasteiger partial charge >= 0.3 is 0 Å². The Morgan fingerprint density at radius 3 is 2.56 bits per heavy atom. The summed E-state index contributed by atoms with van der Waals surface area (Å²) in [5, 5.41) is 3.53. The van der Waals surface area contributed by atoms with Crippen LogP contribution < -0.4 is 5.32 Å². The fourth-order valence-electron chi connectivity index (χ4n) is 3.22. The van der Waals surface area contributed by atoms with E-state index in [0.717, 1.165) is 24.7 Å². The third-order valence-corrected chi connectivity index (χ3v) is 5.88. The third kappa shape index (κ3) is 3.57. The number of aromatic nitrogens is 2. The minimum atomic E-state index is -3.57. The Bertz CT molecular complexity index is 1120. The second-order valence-corrected chi connectivity index (χ2v) is 9.16. The number of pyridine rings is 1. The number of hydrogen-bond acceptors (Lipinski definition) is 4. The monoisotopic (exact) mass is 403 g/mol. The van der Waals surface area contributed by atoms with Crippen molar-refractivity contribution in [1.82, 2.24) is 14.7 Å². The highest BCUT2D eigenvalue weighted by Gasteiger charge is 2.34. The fraction of sp³-hybridized carbons (Fsp3) is 0.263. The number of fused-ring (bicyclic) bond motifs is 1. The number of carbonyl (C=O) groups excluding carboxylic acids is 1. The van der Waals surface area contributed by atoms with Gasteiger partial charge in [0.1, 0.15) is 0 Å². The molecule has 0 aliphatic heterocycles. The van der Waals surface area contributed by atoms with Crippen LogP contribution in [0.25, 0.3) is 5.52 Å². The van der Waals surface area contributed by atoms with Crippen molar-refractivity contribution in [2.45, 2.75) is 24.0 Å². The summed E-state index contributed by atoms with van der Waals surface area (Å²) in [7, 11) is -3.57. The van der Waals surface area contributed by atoms with Gasteiger partial charge in [-0.05, 0) is 48.6 Å². The molecule has 2 heterocycles. The van der Waals surface area contributed by atoms with Gasteiger partial charge in [0.05, 0.1) is 11.6 Å². The zero-order valence-electron chi connectivity index (χ0n) is 14.6. The lowest BCUT2D eigenvalue weighted by molar-refractivity contribution is 0.0928. The molecule has 4 rings (SSSR count). The van der Waals surface area contributed by atoms with Gasteiger partial charge in [0.25, 0.3) is 5.91 Å². The van der Waals surface area contributed by atoms with E-state index in [0.29, 0.717) is 16.5 Å². The number of imidazole rings is 1. The summed E-state index contributed by atoms with van der Waals surface area (Å²) in [4.78, 5) is 17.1. The summed E-state index contributed by atoms with van der Waals surface area (Å²) in [6, 6.07) is 12.4. The van der Waals surface area contributed by atoms with Crippen LogP contribution in [0.3, 0.4) is 0 Å². The van der Waals surface area contributed by atoms with E-state index >= 15 is 0 Å². The van der Waals surface area contributed by atoms with E-state index in [9.17, 15) is 13.2 Å². The van der Waals surface area contributed by atoms with E-state index in [2.05, 4.69) is 10.3 Å². The van der Waals surface area contributed by atoms with E-state index in [4.69, 9.17) is 11.6 Å². The Labute approximate surface area is 162 Å². The molecule has 0 spiro atoms. The first-order chi connectivity index (χ1) is 12.8. The summed E-state index contributed by atoms with van der Waals surface area (Å²) in [6.07, 6.45) is 4.74. The number of hydrogen-bond donors (Lipinski definition) is 1. The van der Waals surface area contributed by atoms with Crippen molar-refractivity contribution in [2.24, 2.45) is 5.92 Å². The molecule has 1 aliphatic carbocycles. The molecule has 0 radical (unpaired) electrons. The van der Waals surface area contributed by atoms with Crippen molar-refractivity contribution in [3.05, 3.63) is 64.9 Å². The van der Waals surface area contributed by atoms with Crippen LogP contribution in [0.4, 0.5) is 0 Å². The molecule has 1 fully saturated rings. The van der Waals surface area contributed by atoms with E-state index < -0.39 is 9.84 Å². The number of benzene rings is 1. The number of sulfone groups is 1. The van der Waals surface area contributed by atoms with Crippen LogP contribution >= 0.6 is 11.6 Å². The van der Waals surface area contributed by atoms with Crippen LogP contribution in [0.15, 0.2) is 53.8 Å². The Morgan fingerprint density at radius 1 is 1.22 bits per heavy atom.